The Balaban J connectivity index is 0.00000106. The van der Waals surface area contributed by atoms with Crippen LogP contribution in [0.3, 0.4) is 0 Å². The minimum Gasteiger partial charge on any atom is -0.358 e. The molecule has 3 heterocycles. The van der Waals surface area contributed by atoms with Gasteiger partial charge in [-0.25, -0.2) is 0 Å². The molecular formula is C25H35N3O2. The quantitative estimate of drug-likeness (QED) is 0.819. The van der Waals surface area contributed by atoms with Crippen LogP contribution in [0.25, 0.3) is 16.5 Å². The summed E-state index contributed by atoms with van der Waals surface area (Å²) < 4.78 is 8.44. The maximum Gasteiger partial charge on any atom is 0.228 e. The molecule has 1 amide bonds. The Labute approximate surface area is 180 Å². The number of rotatable bonds is 3. The van der Waals surface area contributed by atoms with E-state index in [1.54, 1.807) is 0 Å². The third-order valence-electron chi connectivity index (χ3n) is 6.57. The van der Waals surface area contributed by atoms with E-state index in [1.165, 1.54) is 34.0 Å². The fraction of sp³-hybridized carbons (Fsp3) is 0.560. The average molecular weight is 410 g/mol. The maximum absolute atomic E-state index is 12.5. The van der Waals surface area contributed by atoms with Gasteiger partial charge in [0.25, 0.3) is 0 Å². The first-order valence-corrected chi connectivity index (χ1v) is 11.6. The van der Waals surface area contributed by atoms with Crippen molar-refractivity contribution in [3.8, 4) is 0 Å². The lowest BCUT2D eigenvalue weighted by Crippen LogP contribution is -2.46. The largest absolute Gasteiger partial charge is 0.358 e. The van der Waals surface area contributed by atoms with Crippen LogP contribution in [0, 0.1) is 5.92 Å². The molecule has 2 aliphatic heterocycles. The fourth-order valence-electron chi connectivity index (χ4n) is 5.23. The number of carbonyl (C=O) groups is 1. The van der Waals surface area contributed by atoms with E-state index in [0.29, 0.717) is 12.6 Å². The zero-order valence-electron chi connectivity index (χ0n) is 18.8. The summed E-state index contributed by atoms with van der Waals surface area (Å²) >= 11 is 0. The van der Waals surface area contributed by atoms with Crippen molar-refractivity contribution in [1.82, 2.24) is 14.8 Å². The molecule has 1 aromatic heterocycles. The molecule has 30 heavy (non-hydrogen) atoms. The van der Waals surface area contributed by atoms with E-state index in [0.717, 1.165) is 32.4 Å². The number of fused-ring (bicyclic) bond motifs is 2. The van der Waals surface area contributed by atoms with Crippen LogP contribution in [0.1, 0.15) is 57.4 Å². The average Bonchev–Trinajstić information content (AvgIpc) is 3.16. The van der Waals surface area contributed by atoms with Crippen LogP contribution in [0.5, 0.6) is 0 Å². The lowest BCUT2D eigenvalue weighted by atomic mass is 9.80. The van der Waals surface area contributed by atoms with Crippen molar-refractivity contribution < 1.29 is 9.53 Å². The minimum atomic E-state index is -0.0863. The SMILES string of the molecule is CC.CCNC(=O)C1C=C2c3cccc4c3c(cn4C3CCCCO3)CC2N(C)C1. The number of nitrogens with one attached hydrogen (secondary N) is 1. The number of aromatic nitrogens is 1. The van der Waals surface area contributed by atoms with E-state index < -0.39 is 0 Å². The Morgan fingerprint density at radius 3 is 2.83 bits per heavy atom. The van der Waals surface area contributed by atoms with Crippen molar-refractivity contribution in [2.45, 2.75) is 58.7 Å². The van der Waals surface area contributed by atoms with E-state index in [2.05, 4.69) is 52.3 Å². The number of ether oxygens (including phenoxy) is 1. The molecule has 162 valence electrons. The first-order chi connectivity index (χ1) is 14.7. The fourth-order valence-corrected chi connectivity index (χ4v) is 5.23. The lowest BCUT2D eigenvalue weighted by Gasteiger charge is -2.39. The molecule has 5 nitrogen and oxygen atoms in total. The number of nitrogens with zero attached hydrogens (tertiary/aromatic N) is 2. The number of carbonyl (C=O) groups excluding carboxylic acids is 1. The van der Waals surface area contributed by atoms with Gasteiger partial charge >= 0.3 is 0 Å². The standard InChI is InChI=1S/C23H29N3O2.C2H6/c1-3-24-23(27)16-11-18-17-7-6-8-19-22(17)15(12-20(18)25(2)13-16)14-26(19)21-9-4-5-10-28-21;1-2/h6-8,11,14,16,20-21H,3-5,9-10,12-13H2,1-2H3,(H,24,27);1-2H3. The van der Waals surface area contributed by atoms with Gasteiger partial charge in [0.2, 0.25) is 5.91 Å². The molecule has 5 heteroatoms. The molecule has 0 radical (unpaired) electrons. The summed E-state index contributed by atoms with van der Waals surface area (Å²) in [4.78, 5) is 14.9. The van der Waals surface area contributed by atoms with Crippen molar-refractivity contribution in [3.05, 3.63) is 41.6 Å². The van der Waals surface area contributed by atoms with E-state index in [9.17, 15) is 4.79 Å². The predicted molar refractivity (Wildman–Crippen MR) is 122 cm³/mol. The topological polar surface area (TPSA) is 46.5 Å². The molecule has 3 atom stereocenters. The van der Waals surface area contributed by atoms with E-state index >= 15 is 0 Å². The number of hydrogen-bond acceptors (Lipinski definition) is 3. The molecule has 1 N–H and O–H groups in total. The van der Waals surface area contributed by atoms with Gasteiger partial charge in [-0.15, -0.1) is 0 Å². The summed E-state index contributed by atoms with van der Waals surface area (Å²) in [6, 6.07) is 6.94. The number of likely N-dealkylation sites (N-methyl/N-ethyl adjacent to an activating group) is 1. The highest BCUT2D eigenvalue weighted by atomic mass is 16.5. The second-order valence-corrected chi connectivity index (χ2v) is 8.37. The Bertz CT molecular complexity index is 939. The highest BCUT2D eigenvalue weighted by Gasteiger charge is 2.36. The molecule has 1 fully saturated rings. The molecule has 0 saturated carbocycles. The summed E-state index contributed by atoms with van der Waals surface area (Å²) in [5, 5.41) is 4.34. The zero-order valence-corrected chi connectivity index (χ0v) is 18.8. The van der Waals surface area contributed by atoms with E-state index in [-0.39, 0.29) is 18.1 Å². The number of amides is 1. The summed E-state index contributed by atoms with van der Waals surface area (Å²) in [7, 11) is 2.15. The van der Waals surface area contributed by atoms with Gasteiger partial charge in [-0.05, 0) is 62.4 Å². The van der Waals surface area contributed by atoms with E-state index in [4.69, 9.17) is 4.74 Å². The summed E-state index contributed by atoms with van der Waals surface area (Å²) in [6.07, 6.45) is 9.16. The Morgan fingerprint density at radius 2 is 2.10 bits per heavy atom. The van der Waals surface area contributed by atoms with Crippen molar-refractivity contribution in [3.63, 3.8) is 0 Å². The lowest BCUT2D eigenvalue weighted by molar-refractivity contribution is -0.124. The molecule has 2 aromatic rings. The monoisotopic (exact) mass is 409 g/mol. The van der Waals surface area contributed by atoms with Crippen LogP contribution in [0.4, 0.5) is 0 Å². The molecular weight excluding hydrogens is 374 g/mol. The van der Waals surface area contributed by atoms with Crippen LogP contribution in [-0.2, 0) is 16.0 Å². The normalized spacial score (nSPS) is 25.7. The number of hydrogen-bond donors (Lipinski definition) is 1. The summed E-state index contributed by atoms with van der Waals surface area (Å²) in [6.45, 7) is 8.28. The van der Waals surface area contributed by atoms with Crippen LogP contribution in [0.15, 0.2) is 30.5 Å². The molecule has 1 aliphatic carbocycles. The highest BCUT2D eigenvalue weighted by molar-refractivity contribution is 5.99. The van der Waals surface area contributed by atoms with Crippen molar-refractivity contribution in [2.75, 3.05) is 26.7 Å². The second kappa shape index (κ2) is 8.94. The minimum absolute atomic E-state index is 0.0863. The zero-order chi connectivity index (χ0) is 21.3. The molecule has 3 aliphatic rings. The summed E-state index contributed by atoms with van der Waals surface area (Å²) in [5.41, 5.74) is 5.27. The van der Waals surface area contributed by atoms with Gasteiger partial charge in [0.05, 0.1) is 11.4 Å². The molecule has 0 spiro atoms. The van der Waals surface area contributed by atoms with Gasteiger partial charge in [0, 0.05) is 37.3 Å². The summed E-state index contributed by atoms with van der Waals surface area (Å²) in [5.74, 6) is 0.0446. The highest BCUT2D eigenvalue weighted by Crippen LogP contribution is 2.43. The first-order valence-electron chi connectivity index (χ1n) is 11.6. The molecule has 3 unspecified atom stereocenters. The van der Waals surface area contributed by atoms with Crippen LogP contribution < -0.4 is 5.32 Å². The van der Waals surface area contributed by atoms with Crippen molar-refractivity contribution in [2.24, 2.45) is 5.92 Å². The second-order valence-electron chi connectivity index (χ2n) is 8.37. The maximum atomic E-state index is 12.5. The predicted octanol–water partition coefficient (Wildman–Crippen LogP) is 4.37. The van der Waals surface area contributed by atoms with Gasteiger partial charge in [0.15, 0.2) is 0 Å². The van der Waals surface area contributed by atoms with Gasteiger partial charge in [0.1, 0.15) is 6.23 Å². The molecule has 0 bridgehead atoms. The molecule has 5 rings (SSSR count). The van der Waals surface area contributed by atoms with Gasteiger partial charge < -0.3 is 14.6 Å². The van der Waals surface area contributed by atoms with Crippen molar-refractivity contribution in [1.29, 1.82) is 0 Å². The van der Waals surface area contributed by atoms with Gasteiger partial charge in [-0.3, -0.25) is 9.69 Å². The number of benzene rings is 1. The Kier molecular flexibility index (Phi) is 6.30. The van der Waals surface area contributed by atoms with E-state index in [1.807, 2.05) is 20.8 Å². The Morgan fingerprint density at radius 1 is 1.27 bits per heavy atom. The van der Waals surface area contributed by atoms with Crippen molar-refractivity contribution >= 4 is 22.4 Å². The van der Waals surface area contributed by atoms with Gasteiger partial charge in [-0.1, -0.05) is 32.1 Å². The smallest absolute Gasteiger partial charge is 0.228 e. The third-order valence-corrected chi connectivity index (χ3v) is 6.57. The third kappa shape index (κ3) is 3.58. The van der Waals surface area contributed by atoms with Gasteiger partial charge in [-0.2, -0.15) is 0 Å². The molecule has 1 aromatic carbocycles. The Hall–Kier alpha value is -2.11. The van der Waals surface area contributed by atoms with Crippen LogP contribution in [0.2, 0.25) is 0 Å². The molecule has 1 saturated heterocycles. The first kappa shape index (κ1) is 21.1. The van der Waals surface area contributed by atoms with Crippen LogP contribution in [-0.4, -0.2) is 48.2 Å². The van der Waals surface area contributed by atoms with Crippen LogP contribution >= 0.6 is 0 Å².